The number of hydrogen-bond donors (Lipinski definition) is 0. The Morgan fingerprint density at radius 2 is 1.92 bits per heavy atom. The Morgan fingerprint density at radius 3 is 2.68 bits per heavy atom. The molecule has 1 aliphatic rings. The first-order chi connectivity index (χ1) is 12.1. The topological polar surface area (TPSA) is 46.6 Å². The van der Waals surface area contributed by atoms with Crippen molar-refractivity contribution in [2.24, 2.45) is 5.92 Å². The molecule has 0 bridgehead atoms. The van der Waals surface area contributed by atoms with Crippen LogP contribution in [0.15, 0.2) is 36.4 Å². The van der Waals surface area contributed by atoms with Crippen LogP contribution in [-0.4, -0.2) is 36.8 Å². The summed E-state index contributed by atoms with van der Waals surface area (Å²) in [5.41, 5.74) is 0.693. The van der Waals surface area contributed by atoms with Crippen molar-refractivity contribution in [2.45, 2.75) is 19.8 Å². The molecule has 1 saturated heterocycles. The van der Waals surface area contributed by atoms with Crippen molar-refractivity contribution in [1.29, 1.82) is 0 Å². The van der Waals surface area contributed by atoms with Gasteiger partial charge in [0.15, 0.2) is 5.78 Å². The molecule has 128 valence electrons. The molecule has 1 fully saturated rings. The van der Waals surface area contributed by atoms with Crippen LogP contribution < -0.4 is 4.74 Å². The molecule has 0 aliphatic carbocycles. The third kappa shape index (κ3) is 3.66. The number of benzene rings is 2. The van der Waals surface area contributed by atoms with Crippen molar-refractivity contribution in [1.82, 2.24) is 4.90 Å². The average Bonchev–Trinajstić information content (AvgIpc) is 2.66. The molecule has 1 amide bonds. The van der Waals surface area contributed by atoms with E-state index in [9.17, 15) is 9.59 Å². The number of fused-ring (bicyclic) bond motifs is 1. The van der Waals surface area contributed by atoms with Crippen molar-refractivity contribution >= 4 is 22.5 Å². The number of hydrogen-bond acceptors (Lipinski definition) is 3. The van der Waals surface area contributed by atoms with Gasteiger partial charge in [0.05, 0.1) is 7.11 Å². The van der Waals surface area contributed by atoms with Crippen molar-refractivity contribution in [2.75, 3.05) is 20.2 Å². The van der Waals surface area contributed by atoms with E-state index in [1.54, 1.807) is 18.9 Å². The zero-order valence-electron chi connectivity index (χ0n) is 14.5. The summed E-state index contributed by atoms with van der Waals surface area (Å²) < 4.78 is 5.23. The number of carbonyl (C=O) groups is 2. The maximum Gasteiger partial charge on any atom is 0.298 e. The fourth-order valence-electron chi connectivity index (χ4n) is 3.30. The fourth-order valence-corrected chi connectivity index (χ4v) is 3.30. The van der Waals surface area contributed by atoms with E-state index < -0.39 is 0 Å². The van der Waals surface area contributed by atoms with Gasteiger partial charge in [-0.1, -0.05) is 24.1 Å². The number of likely N-dealkylation sites (tertiary alicyclic amines) is 1. The van der Waals surface area contributed by atoms with Crippen molar-refractivity contribution < 1.29 is 14.3 Å². The summed E-state index contributed by atoms with van der Waals surface area (Å²) in [5.74, 6) is 5.74. The third-order valence-electron chi connectivity index (χ3n) is 4.64. The highest BCUT2D eigenvalue weighted by atomic mass is 16.5. The predicted octanol–water partition coefficient (Wildman–Crippen LogP) is 3.29. The first kappa shape index (κ1) is 17.0. The Kier molecular flexibility index (Phi) is 5.04. The lowest BCUT2D eigenvalue weighted by Gasteiger charge is -2.30. The Hall–Kier alpha value is -2.80. The minimum absolute atomic E-state index is 0.0969. The zero-order valence-corrected chi connectivity index (χ0v) is 14.5. The monoisotopic (exact) mass is 335 g/mol. The molecule has 1 aliphatic heterocycles. The Morgan fingerprint density at radius 1 is 1.16 bits per heavy atom. The van der Waals surface area contributed by atoms with Gasteiger partial charge in [0.1, 0.15) is 5.75 Å². The van der Waals surface area contributed by atoms with Gasteiger partial charge in [0, 0.05) is 24.6 Å². The first-order valence-electron chi connectivity index (χ1n) is 8.46. The van der Waals surface area contributed by atoms with Crippen LogP contribution in [0.2, 0.25) is 0 Å². The zero-order chi connectivity index (χ0) is 17.8. The molecule has 4 nitrogen and oxygen atoms in total. The van der Waals surface area contributed by atoms with E-state index in [-0.39, 0.29) is 17.6 Å². The highest BCUT2D eigenvalue weighted by molar-refractivity contribution is 6.02. The minimum atomic E-state index is -0.189. The number of ketones is 1. The second kappa shape index (κ2) is 7.40. The smallest absolute Gasteiger partial charge is 0.298 e. The van der Waals surface area contributed by atoms with Gasteiger partial charge in [-0.25, -0.2) is 0 Å². The molecule has 0 saturated carbocycles. The summed E-state index contributed by atoms with van der Waals surface area (Å²) in [5, 5.41) is 2.04. The van der Waals surface area contributed by atoms with Crippen LogP contribution in [0.25, 0.3) is 10.8 Å². The lowest BCUT2D eigenvalue weighted by atomic mass is 9.89. The number of Topliss-reactive ketones (excluding diaryl/α,β-unsaturated/α-hetero) is 1. The number of nitrogens with zero attached hydrogens (tertiary/aromatic N) is 1. The van der Waals surface area contributed by atoms with Gasteiger partial charge >= 0.3 is 0 Å². The van der Waals surface area contributed by atoms with Crippen LogP contribution in [-0.2, 0) is 4.79 Å². The van der Waals surface area contributed by atoms with Crippen molar-refractivity contribution in [3.8, 4) is 17.6 Å². The minimum Gasteiger partial charge on any atom is -0.497 e. The maximum absolute atomic E-state index is 12.9. The molecular weight excluding hydrogens is 314 g/mol. The van der Waals surface area contributed by atoms with Gasteiger partial charge in [-0.05, 0) is 54.7 Å². The third-order valence-corrected chi connectivity index (χ3v) is 4.64. The van der Waals surface area contributed by atoms with E-state index in [1.807, 2.05) is 36.4 Å². The van der Waals surface area contributed by atoms with Crippen LogP contribution in [0.4, 0.5) is 0 Å². The fraction of sp³-hybridized carbons (Fsp3) is 0.333. The molecule has 2 aromatic rings. The van der Waals surface area contributed by atoms with E-state index in [4.69, 9.17) is 4.74 Å². The number of rotatable bonds is 3. The average molecular weight is 335 g/mol. The Balaban J connectivity index is 1.81. The summed E-state index contributed by atoms with van der Waals surface area (Å²) >= 11 is 0. The maximum atomic E-state index is 12.9. The molecule has 2 aromatic carbocycles. The first-order valence-corrected chi connectivity index (χ1v) is 8.46. The SMILES string of the molecule is CC#CC(=O)N1CCC[C@@H](C(=O)c2ccc3cc(OC)ccc3c2)C1. The van der Waals surface area contributed by atoms with Gasteiger partial charge in [0.2, 0.25) is 0 Å². The molecule has 25 heavy (non-hydrogen) atoms. The van der Waals surface area contributed by atoms with Crippen LogP contribution in [0.3, 0.4) is 0 Å². The van der Waals surface area contributed by atoms with E-state index in [2.05, 4.69) is 11.8 Å². The molecule has 0 spiro atoms. The second-order valence-electron chi connectivity index (χ2n) is 6.26. The van der Waals surface area contributed by atoms with Crippen molar-refractivity contribution in [3.05, 3.63) is 42.0 Å². The van der Waals surface area contributed by atoms with Crippen LogP contribution >= 0.6 is 0 Å². The molecule has 1 heterocycles. The molecule has 0 aromatic heterocycles. The summed E-state index contributed by atoms with van der Waals surface area (Å²) in [6, 6.07) is 11.5. The quantitative estimate of drug-likeness (QED) is 0.639. The van der Waals surface area contributed by atoms with Crippen LogP contribution in [0, 0.1) is 17.8 Å². The highest BCUT2D eigenvalue weighted by Gasteiger charge is 2.28. The van der Waals surface area contributed by atoms with Gasteiger partial charge in [-0.2, -0.15) is 0 Å². The van der Waals surface area contributed by atoms with Gasteiger partial charge in [0.25, 0.3) is 5.91 Å². The van der Waals surface area contributed by atoms with E-state index >= 15 is 0 Å². The van der Waals surface area contributed by atoms with E-state index in [1.165, 1.54) is 0 Å². The second-order valence-corrected chi connectivity index (χ2v) is 6.26. The van der Waals surface area contributed by atoms with Gasteiger partial charge in [-0.3, -0.25) is 9.59 Å². The summed E-state index contributed by atoms with van der Waals surface area (Å²) in [6.07, 6.45) is 1.64. The number of amides is 1. The van der Waals surface area contributed by atoms with Crippen molar-refractivity contribution in [3.63, 3.8) is 0 Å². The number of piperidine rings is 1. The van der Waals surface area contributed by atoms with Crippen LogP contribution in [0.5, 0.6) is 5.75 Å². The molecular formula is C21H21NO3. The van der Waals surface area contributed by atoms with Crippen LogP contribution in [0.1, 0.15) is 30.1 Å². The largest absolute Gasteiger partial charge is 0.497 e. The number of methoxy groups -OCH3 is 1. The predicted molar refractivity (Wildman–Crippen MR) is 97.6 cm³/mol. The lowest BCUT2D eigenvalue weighted by Crippen LogP contribution is -2.41. The molecule has 0 radical (unpaired) electrons. The highest BCUT2D eigenvalue weighted by Crippen LogP contribution is 2.25. The normalized spacial score (nSPS) is 16.9. The summed E-state index contributed by atoms with van der Waals surface area (Å²) in [6.45, 7) is 2.77. The number of carbonyl (C=O) groups excluding carboxylic acids is 2. The molecule has 0 N–H and O–H groups in total. The summed E-state index contributed by atoms with van der Waals surface area (Å²) in [4.78, 5) is 26.5. The standard InChI is InChI=1S/C21H21NO3/c1-3-5-20(23)22-11-4-6-18(14-22)21(24)17-8-7-16-13-19(25-2)10-9-15(16)12-17/h7-10,12-13,18H,4,6,11,14H2,1-2H3/t18-/m1/s1. The van der Waals surface area contributed by atoms with Gasteiger partial charge in [-0.15, -0.1) is 0 Å². The van der Waals surface area contributed by atoms with E-state index in [0.29, 0.717) is 18.7 Å². The Bertz CT molecular complexity index is 876. The summed E-state index contributed by atoms with van der Waals surface area (Å²) in [7, 11) is 1.64. The van der Waals surface area contributed by atoms with Gasteiger partial charge < -0.3 is 9.64 Å². The molecule has 1 atom stereocenters. The Labute approximate surface area is 147 Å². The lowest BCUT2D eigenvalue weighted by molar-refractivity contribution is -0.126. The number of ether oxygens (including phenoxy) is 1. The molecule has 3 rings (SSSR count). The molecule has 0 unspecified atom stereocenters. The van der Waals surface area contributed by atoms with E-state index in [0.717, 1.165) is 29.4 Å². The molecule has 4 heteroatoms.